The molecule has 7 nitrogen and oxygen atoms in total. The summed E-state index contributed by atoms with van der Waals surface area (Å²) in [6.07, 6.45) is 3.79. The van der Waals surface area contributed by atoms with Crippen molar-refractivity contribution in [2.45, 2.75) is 38.4 Å². The van der Waals surface area contributed by atoms with Crippen LogP contribution in [0.2, 0.25) is 0 Å². The summed E-state index contributed by atoms with van der Waals surface area (Å²) >= 11 is 1.70. The number of benzene rings is 1. The Morgan fingerprint density at radius 1 is 1.18 bits per heavy atom. The molecule has 2 N–H and O–H groups in total. The Balaban J connectivity index is 1.50. The van der Waals surface area contributed by atoms with E-state index in [4.69, 9.17) is 0 Å². The minimum Gasteiger partial charge on any atom is -0.361 e. The van der Waals surface area contributed by atoms with E-state index in [1.165, 1.54) is 32.3 Å². The number of thiophene rings is 1. The largest absolute Gasteiger partial charge is 0.361 e. The van der Waals surface area contributed by atoms with Gasteiger partial charge in [0.05, 0.1) is 11.4 Å². The van der Waals surface area contributed by atoms with Crippen LogP contribution in [0.4, 0.5) is 5.82 Å². The molecule has 1 aliphatic carbocycles. The van der Waals surface area contributed by atoms with Crippen molar-refractivity contribution in [1.82, 2.24) is 19.7 Å². The summed E-state index contributed by atoms with van der Waals surface area (Å²) in [6.45, 7) is 2.90. The first kappa shape index (κ1) is 21.6. The van der Waals surface area contributed by atoms with Gasteiger partial charge in [0.15, 0.2) is 5.82 Å². The second-order valence-corrected chi connectivity index (χ2v) is 9.59. The maximum absolute atomic E-state index is 12.7. The van der Waals surface area contributed by atoms with Gasteiger partial charge in [-0.2, -0.15) is 5.10 Å². The molecule has 1 unspecified atom stereocenters. The van der Waals surface area contributed by atoms with Crippen LogP contribution in [0, 0.1) is 0 Å². The predicted molar refractivity (Wildman–Crippen MR) is 134 cm³/mol. The second-order valence-electron chi connectivity index (χ2n) is 8.65. The zero-order valence-electron chi connectivity index (χ0n) is 19.0. The molecule has 3 heterocycles. The van der Waals surface area contributed by atoms with Crippen molar-refractivity contribution < 1.29 is 0 Å². The number of pyridine rings is 1. The van der Waals surface area contributed by atoms with Crippen LogP contribution in [0.25, 0.3) is 21.9 Å². The molecular formula is C25H27N5O2S. The van der Waals surface area contributed by atoms with Gasteiger partial charge in [-0.05, 0) is 54.9 Å². The van der Waals surface area contributed by atoms with Crippen molar-refractivity contribution in [2.75, 3.05) is 12.4 Å². The monoisotopic (exact) mass is 461 g/mol. The van der Waals surface area contributed by atoms with E-state index in [-0.39, 0.29) is 23.2 Å². The van der Waals surface area contributed by atoms with Crippen molar-refractivity contribution in [3.8, 4) is 11.1 Å². The molecule has 3 aromatic heterocycles. The fourth-order valence-corrected chi connectivity index (χ4v) is 5.14. The number of rotatable bonds is 7. The average molecular weight is 462 g/mol. The number of nitrogens with zero attached hydrogens (tertiary/aromatic N) is 3. The van der Waals surface area contributed by atoms with E-state index >= 15 is 0 Å². The highest BCUT2D eigenvalue weighted by molar-refractivity contribution is 7.10. The normalized spacial score (nSPS) is 14.5. The van der Waals surface area contributed by atoms with Crippen LogP contribution >= 0.6 is 11.3 Å². The molecule has 4 aromatic rings. The number of aryl methyl sites for hydroxylation is 1. The molecule has 1 fully saturated rings. The molecular weight excluding hydrogens is 434 g/mol. The molecule has 8 heteroatoms. The number of fused-ring (bicyclic) bond motifs is 1. The van der Waals surface area contributed by atoms with E-state index in [1.54, 1.807) is 29.1 Å². The quantitative estimate of drug-likeness (QED) is 0.434. The van der Waals surface area contributed by atoms with Crippen molar-refractivity contribution in [2.24, 2.45) is 7.05 Å². The van der Waals surface area contributed by atoms with E-state index in [1.807, 2.05) is 7.05 Å². The first-order valence-electron chi connectivity index (χ1n) is 11.2. The van der Waals surface area contributed by atoms with Gasteiger partial charge >= 0.3 is 0 Å². The van der Waals surface area contributed by atoms with Gasteiger partial charge in [0.1, 0.15) is 0 Å². The van der Waals surface area contributed by atoms with Gasteiger partial charge in [-0.1, -0.05) is 24.3 Å². The zero-order valence-corrected chi connectivity index (χ0v) is 19.8. The van der Waals surface area contributed by atoms with Gasteiger partial charge in [0.2, 0.25) is 0 Å². The Morgan fingerprint density at radius 2 is 1.97 bits per heavy atom. The van der Waals surface area contributed by atoms with Crippen LogP contribution in [0.3, 0.4) is 0 Å². The Bertz CT molecular complexity index is 1450. The zero-order chi connectivity index (χ0) is 23.1. The highest BCUT2D eigenvalue weighted by Crippen LogP contribution is 2.35. The molecule has 170 valence electrons. The van der Waals surface area contributed by atoms with Gasteiger partial charge in [-0.25, -0.2) is 4.68 Å². The summed E-state index contributed by atoms with van der Waals surface area (Å²) in [5, 5.41) is 14.5. The lowest BCUT2D eigenvalue weighted by atomic mass is 10.0. The number of nitrogens with one attached hydrogen (secondary N) is 2. The van der Waals surface area contributed by atoms with Gasteiger partial charge in [-0.3, -0.25) is 9.59 Å². The third-order valence-electron chi connectivity index (χ3n) is 6.15. The van der Waals surface area contributed by atoms with Gasteiger partial charge in [-0.15, -0.1) is 11.3 Å². The molecule has 1 saturated carbocycles. The Hall–Kier alpha value is -3.23. The van der Waals surface area contributed by atoms with Crippen molar-refractivity contribution >= 4 is 27.9 Å². The maximum Gasteiger partial charge on any atom is 0.274 e. The minimum absolute atomic E-state index is 0.0188. The summed E-state index contributed by atoms with van der Waals surface area (Å²) in [6, 6.07) is 12.3. The average Bonchev–Trinajstić information content (AvgIpc) is 3.53. The van der Waals surface area contributed by atoms with Gasteiger partial charge in [0.25, 0.3) is 11.1 Å². The molecule has 0 spiro atoms. The first-order chi connectivity index (χ1) is 16.0. The summed E-state index contributed by atoms with van der Waals surface area (Å²) in [5.41, 5.74) is 3.28. The predicted octanol–water partition coefficient (Wildman–Crippen LogP) is 4.05. The van der Waals surface area contributed by atoms with E-state index in [0.29, 0.717) is 16.6 Å². The number of hydrogen-bond donors (Lipinski definition) is 2. The van der Waals surface area contributed by atoms with Crippen LogP contribution in [0.15, 0.2) is 57.6 Å². The minimum atomic E-state index is -0.261. The molecule has 0 saturated heterocycles. The van der Waals surface area contributed by atoms with Gasteiger partial charge < -0.3 is 15.2 Å². The highest BCUT2D eigenvalue weighted by atomic mass is 32.1. The Kier molecular flexibility index (Phi) is 5.64. The van der Waals surface area contributed by atoms with Crippen molar-refractivity contribution in [3.63, 3.8) is 0 Å². The molecule has 0 bridgehead atoms. The van der Waals surface area contributed by atoms with Crippen LogP contribution in [-0.4, -0.2) is 21.4 Å². The van der Waals surface area contributed by atoms with E-state index < -0.39 is 0 Å². The fraction of sp³-hybridized carbons (Fsp3) is 0.320. The summed E-state index contributed by atoms with van der Waals surface area (Å²) in [5.74, 6) is 0.611. The third-order valence-corrected chi connectivity index (χ3v) is 7.26. The van der Waals surface area contributed by atoms with Crippen molar-refractivity contribution in [1.29, 1.82) is 0 Å². The maximum atomic E-state index is 12.7. The Morgan fingerprint density at radius 3 is 2.73 bits per heavy atom. The summed E-state index contributed by atoms with van der Waals surface area (Å²) in [7, 11) is 3.57. The molecule has 1 aliphatic rings. The van der Waals surface area contributed by atoms with E-state index in [9.17, 15) is 9.59 Å². The third kappa shape index (κ3) is 4.12. The lowest BCUT2D eigenvalue weighted by Gasteiger charge is -2.16. The van der Waals surface area contributed by atoms with E-state index in [2.05, 4.69) is 58.4 Å². The number of aromatic nitrogens is 3. The molecule has 5 rings (SSSR count). The highest BCUT2D eigenvalue weighted by Gasteiger charge is 2.25. The lowest BCUT2D eigenvalue weighted by molar-refractivity contribution is 0.698. The van der Waals surface area contributed by atoms with Crippen LogP contribution in [-0.2, 0) is 13.6 Å². The standard InChI is InChI=1S/C25H27N5O2S/c1-15(22-10-17(14-33-22)19-7-5-4-6-16(19)12-26-2)27-24-21-13-30(18-8-9-18)23(31)11-20(21)25(32)29(3)28-24/h4-7,10-11,13-15,18,26H,8-9,12H2,1-3H3,(H,27,28). The Labute approximate surface area is 195 Å². The van der Waals surface area contributed by atoms with Crippen LogP contribution in [0.1, 0.15) is 42.3 Å². The molecule has 1 atom stereocenters. The number of anilines is 1. The molecule has 0 amide bonds. The molecule has 0 radical (unpaired) electrons. The van der Waals surface area contributed by atoms with Crippen LogP contribution < -0.4 is 21.8 Å². The summed E-state index contributed by atoms with van der Waals surface area (Å²) in [4.78, 5) is 26.3. The summed E-state index contributed by atoms with van der Waals surface area (Å²) < 4.78 is 3.04. The second kappa shape index (κ2) is 8.61. The van der Waals surface area contributed by atoms with Gasteiger partial charge in [0, 0.05) is 42.2 Å². The molecule has 1 aromatic carbocycles. The number of hydrogen-bond acceptors (Lipinski definition) is 6. The molecule has 33 heavy (non-hydrogen) atoms. The lowest BCUT2D eigenvalue weighted by Crippen LogP contribution is -2.26. The smallest absolute Gasteiger partial charge is 0.274 e. The van der Waals surface area contributed by atoms with E-state index in [0.717, 1.165) is 19.4 Å². The van der Waals surface area contributed by atoms with Crippen molar-refractivity contribution in [3.05, 3.63) is 79.1 Å². The topological polar surface area (TPSA) is 81.0 Å². The molecule has 0 aliphatic heterocycles. The first-order valence-corrected chi connectivity index (χ1v) is 12.0. The fourth-order valence-electron chi connectivity index (χ4n) is 4.23. The van der Waals surface area contributed by atoms with Crippen LogP contribution in [0.5, 0.6) is 0 Å². The SMILES string of the molecule is CNCc1ccccc1-c1csc(C(C)Nc2nn(C)c(=O)c3cc(=O)n(C4CC4)cc23)c1.